The van der Waals surface area contributed by atoms with Crippen molar-refractivity contribution in [3.8, 4) is 28.5 Å². The second-order valence-electron chi connectivity index (χ2n) is 5.25. The van der Waals surface area contributed by atoms with Crippen LogP contribution >= 0.6 is 27.3 Å². The summed E-state index contributed by atoms with van der Waals surface area (Å²) >= 11 is 5.07. The summed E-state index contributed by atoms with van der Waals surface area (Å²) in [6.07, 6.45) is 0. The van der Waals surface area contributed by atoms with Crippen molar-refractivity contribution in [3.63, 3.8) is 0 Å². The molecule has 3 nitrogen and oxygen atoms in total. The van der Waals surface area contributed by atoms with E-state index in [9.17, 15) is 10.1 Å². The third kappa shape index (κ3) is 3.00. The van der Waals surface area contributed by atoms with Crippen molar-refractivity contribution >= 4 is 27.3 Å². The summed E-state index contributed by atoms with van der Waals surface area (Å²) in [5, 5.41) is 9.38. The lowest BCUT2D eigenvalue weighted by atomic mass is 9.99. The summed E-state index contributed by atoms with van der Waals surface area (Å²) in [4.78, 5) is 17.4. The number of aryl methyl sites for hydroxylation is 2. The van der Waals surface area contributed by atoms with E-state index in [2.05, 4.69) is 20.9 Å². The van der Waals surface area contributed by atoms with Gasteiger partial charge in [-0.05, 0) is 49.2 Å². The van der Waals surface area contributed by atoms with Crippen LogP contribution in [0.4, 0.5) is 0 Å². The highest BCUT2D eigenvalue weighted by Crippen LogP contribution is 2.33. The minimum Gasteiger partial charge on any atom is -0.321 e. The Morgan fingerprint density at radius 1 is 1.13 bits per heavy atom. The van der Waals surface area contributed by atoms with Crippen molar-refractivity contribution in [2.45, 2.75) is 13.8 Å². The van der Waals surface area contributed by atoms with E-state index in [0.717, 1.165) is 25.4 Å². The number of hydrogen-bond acceptors (Lipinski definition) is 3. The van der Waals surface area contributed by atoms with E-state index in [1.165, 1.54) is 0 Å². The first-order chi connectivity index (χ1) is 11.0. The maximum atomic E-state index is 12.3. The van der Waals surface area contributed by atoms with Gasteiger partial charge >= 0.3 is 0 Å². The van der Waals surface area contributed by atoms with Crippen LogP contribution in [-0.2, 0) is 0 Å². The molecule has 23 heavy (non-hydrogen) atoms. The average Bonchev–Trinajstić information content (AvgIpc) is 2.85. The molecular formula is C18H13BrN2OS. The van der Waals surface area contributed by atoms with Crippen LogP contribution in [0.1, 0.15) is 15.3 Å². The highest BCUT2D eigenvalue weighted by molar-refractivity contribution is 9.10. The molecule has 0 radical (unpaired) electrons. The van der Waals surface area contributed by atoms with E-state index < -0.39 is 0 Å². The molecule has 0 amide bonds. The van der Waals surface area contributed by atoms with Crippen LogP contribution in [-0.4, -0.2) is 4.98 Å². The van der Waals surface area contributed by atoms with Crippen LogP contribution in [0.2, 0.25) is 0 Å². The Kier molecular flexibility index (Phi) is 4.20. The van der Waals surface area contributed by atoms with Crippen molar-refractivity contribution in [1.82, 2.24) is 4.98 Å². The molecule has 0 saturated carbocycles. The van der Waals surface area contributed by atoms with Gasteiger partial charge in [-0.15, -0.1) is 11.3 Å². The van der Waals surface area contributed by atoms with Crippen LogP contribution in [0.5, 0.6) is 0 Å². The molecule has 0 aliphatic rings. The Hall–Kier alpha value is -2.16. The number of thiophene rings is 1. The number of H-pyrrole nitrogens is 1. The fraction of sp³-hybridized carbons (Fsp3) is 0.111. The molecule has 5 heteroatoms. The maximum Gasteiger partial charge on any atom is 0.266 e. The van der Waals surface area contributed by atoms with Gasteiger partial charge in [-0.25, -0.2) is 0 Å². The van der Waals surface area contributed by atoms with E-state index >= 15 is 0 Å². The predicted octanol–water partition coefficient (Wildman–Crippen LogP) is 5.02. The van der Waals surface area contributed by atoms with Crippen LogP contribution in [0.15, 0.2) is 45.7 Å². The molecule has 2 heterocycles. The smallest absolute Gasteiger partial charge is 0.266 e. The number of nitrogens with one attached hydrogen (secondary N) is 1. The molecule has 0 fully saturated rings. The minimum absolute atomic E-state index is 0.159. The molecule has 1 aromatic carbocycles. The average molecular weight is 385 g/mol. The molecule has 0 unspecified atom stereocenters. The Bertz CT molecular complexity index is 978. The first-order valence-corrected chi connectivity index (χ1v) is 8.61. The van der Waals surface area contributed by atoms with Crippen LogP contribution in [0.3, 0.4) is 0 Å². The van der Waals surface area contributed by atoms with Gasteiger partial charge < -0.3 is 4.98 Å². The van der Waals surface area contributed by atoms with Gasteiger partial charge in [-0.2, -0.15) is 5.26 Å². The first kappa shape index (κ1) is 15.7. The zero-order valence-corrected chi connectivity index (χ0v) is 15.0. The third-order valence-corrected chi connectivity index (χ3v) is 5.13. The van der Waals surface area contributed by atoms with E-state index in [4.69, 9.17) is 0 Å². The molecular weight excluding hydrogens is 372 g/mol. The number of pyridine rings is 1. The summed E-state index contributed by atoms with van der Waals surface area (Å²) in [5.41, 5.74) is 3.06. The molecule has 0 aliphatic heterocycles. The monoisotopic (exact) mass is 384 g/mol. The highest BCUT2D eigenvalue weighted by Gasteiger charge is 2.15. The number of rotatable bonds is 2. The SMILES string of the molecule is Cc1cc(-c2cc(-c3ccc(Br)cc3)[nH]c(=O)c2C#N)c(C)s1. The number of hydrogen-bond donors (Lipinski definition) is 1. The van der Waals surface area contributed by atoms with Gasteiger partial charge in [0.15, 0.2) is 0 Å². The fourth-order valence-electron chi connectivity index (χ4n) is 2.57. The van der Waals surface area contributed by atoms with Gasteiger partial charge in [-0.3, -0.25) is 4.79 Å². The normalized spacial score (nSPS) is 10.5. The van der Waals surface area contributed by atoms with Crippen molar-refractivity contribution in [3.05, 3.63) is 66.5 Å². The van der Waals surface area contributed by atoms with Crippen LogP contribution < -0.4 is 5.56 Å². The Morgan fingerprint density at radius 2 is 1.83 bits per heavy atom. The molecule has 0 saturated heterocycles. The molecule has 114 valence electrons. The molecule has 1 N–H and O–H groups in total. The standard InChI is InChI=1S/C18H13BrN2OS/c1-10-7-14(11(2)23-10)15-8-17(21-18(22)16(15)9-20)12-3-5-13(19)6-4-12/h3-8H,1-2H3,(H,21,22). The number of benzene rings is 1. The second kappa shape index (κ2) is 6.15. The van der Waals surface area contributed by atoms with E-state index in [1.54, 1.807) is 11.3 Å². The van der Waals surface area contributed by atoms with E-state index in [1.807, 2.05) is 56.3 Å². The van der Waals surface area contributed by atoms with E-state index in [-0.39, 0.29) is 11.1 Å². The largest absolute Gasteiger partial charge is 0.321 e. The molecule has 0 atom stereocenters. The maximum absolute atomic E-state index is 12.3. The lowest BCUT2D eigenvalue weighted by Crippen LogP contribution is -2.12. The number of aromatic nitrogens is 1. The summed E-state index contributed by atoms with van der Waals surface area (Å²) in [6.45, 7) is 4.03. The lowest BCUT2D eigenvalue weighted by molar-refractivity contribution is 1.22. The molecule has 0 aliphatic carbocycles. The van der Waals surface area contributed by atoms with Gasteiger partial charge in [0, 0.05) is 25.5 Å². The number of nitrogens with zero attached hydrogens (tertiary/aromatic N) is 1. The Balaban J connectivity index is 2.27. The lowest BCUT2D eigenvalue weighted by Gasteiger charge is -2.08. The molecule has 3 aromatic rings. The fourth-order valence-corrected chi connectivity index (χ4v) is 3.77. The molecule has 2 aromatic heterocycles. The van der Waals surface area contributed by atoms with E-state index in [0.29, 0.717) is 11.3 Å². The molecule has 0 bridgehead atoms. The Morgan fingerprint density at radius 3 is 2.39 bits per heavy atom. The van der Waals surface area contributed by atoms with Gasteiger partial charge in [0.25, 0.3) is 5.56 Å². The molecule has 3 rings (SSSR count). The zero-order chi connectivity index (χ0) is 16.6. The van der Waals surface area contributed by atoms with Crippen molar-refractivity contribution < 1.29 is 0 Å². The number of aromatic amines is 1. The predicted molar refractivity (Wildman–Crippen MR) is 97.7 cm³/mol. The van der Waals surface area contributed by atoms with Gasteiger partial charge in [0.05, 0.1) is 0 Å². The van der Waals surface area contributed by atoms with Crippen LogP contribution in [0, 0.1) is 25.2 Å². The van der Waals surface area contributed by atoms with Crippen molar-refractivity contribution in [2.24, 2.45) is 0 Å². The first-order valence-electron chi connectivity index (χ1n) is 7.00. The van der Waals surface area contributed by atoms with Gasteiger partial charge in [0.1, 0.15) is 11.6 Å². The van der Waals surface area contributed by atoms with Crippen molar-refractivity contribution in [1.29, 1.82) is 5.26 Å². The Labute approximate surface area is 146 Å². The summed E-state index contributed by atoms with van der Waals surface area (Å²) in [7, 11) is 0. The van der Waals surface area contributed by atoms with Gasteiger partial charge in [-0.1, -0.05) is 28.1 Å². The summed E-state index contributed by atoms with van der Waals surface area (Å²) in [5.74, 6) is 0. The highest BCUT2D eigenvalue weighted by atomic mass is 79.9. The number of nitriles is 1. The minimum atomic E-state index is -0.355. The van der Waals surface area contributed by atoms with Crippen molar-refractivity contribution in [2.75, 3.05) is 0 Å². The van der Waals surface area contributed by atoms with Gasteiger partial charge in [0.2, 0.25) is 0 Å². The second-order valence-corrected chi connectivity index (χ2v) is 7.62. The zero-order valence-electron chi connectivity index (χ0n) is 12.6. The molecule has 0 spiro atoms. The third-order valence-electron chi connectivity index (χ3n) is 3.63. The number of halogens is 1. The summed E-state index contributed by atoms with van der Waals surface area (Å²) in [6, 6.07) is 13.7. The quantitative estimate of drug-likeness (QED) is 0.673. The summed E-state index contributed by atoms with van der Waals surface area (Å²) < 4.78 is 0.974. The van der Waals surface area contributed by atoms with Crippen LogP contribution in [0.25, 0.3) is 22.4 Å². The topological polar surface area (TPSA) is 56.6 Å².